The fourth-order valence-corrected chi connectivity index (χ4v) is 5.49. The molecule has 0 spiro atoms. The van der Waals surface area contributed by atoms with Gasteiger partial charge >= 0.3 is 12.1 Å². The zero-order chi connectivity index (χ0) is 40.0. The van der Waals surface area contributed by atoms with Crippen molar-refractivity contribution in [1.82, 2.24) is 16.0 Å². The molecule has 0 fully saturated rings. The standard InChI is InChI=1S/C47H49N3O6/c1-47(2,3)56-46(54)50-40(34-36-24-14-10-15-25-36)44(52)48-33-23-9-7-5-4-6-8-22-32-42(51)49-41(35-37-26-16-11-17-27-37)45(53)55-43(38-28-18-12-19-29-38)39-30-20-13-21-31-39/h4-5,10-21,24-31,40-41,43H,22-23,32-35H2,1-3H3,(H,48,52)(H,49,51)(H,50,54)/b5-4+/t40-,41-/m0/s1. The highest BCUT2D eigenvalue weighted by Crippen LogP contribution is 2.26. The summed E-state index contributed by atoms with van der Waals surface area (Å²) in [6.45, 7) is 5.57. The molecule has 4 aromatic carbocycles. The van der Waals surface area contributed by atoms with Gasteiger partial charge in [-0.25, -0.2) is 9.59 Å². The van der Waals surface area contributed by atoms with Crippen molar-refractivity contribution in [3.63, 3.8) is 0 Å². The Labute approximate surface area is 330 Å². The van der Waals surface area contributed by atoms with E-state index in [0.717, 1.165) is 22.3 Å². The molecule has 0 unspecified atom stereocenters. The first-order valence-corrected chi connectivity index (χ1v) is 18.6. The Hall–Kier alpha value is -6.58. The minimum Gasteiger partial charge on any atom is -0.451 e. The molecule has 9 heteroatoms. The van der Waals surface area contributed by atoms with E-state index in [2.05, 4.69) is 39.6 Å². The number of carbonyl (C=O) groups is 4. The van der Waals surface area contributed by atoms with Crippen molar-refractivity contribution < 1.29 is 28.7 Å². The van der Waals surface area contributed by atoms with E-state index in [4.69, 9.17) is 9.47 Å². The van der Waals surface area contributed by atoms with Crippen LogP contribution in [0.5, 0.6) is 0 Å². The molecule has 4 aromatic rings. The summed E-state index contributed by atoms with van der Waals surface area (Å²) < 4.78 is 11.4. The van der Waals surface area contributed by atoms with Crippen LogP contribution in [0.3, 0.4) is 0 Å². The highest BCUT2D eigenvalue weighted by atomic mass is 16.6. The van der Waals surface area contributed by atoms with Gasteiger partial charge in [-0.2, -0.15) is 0 Å². The Morgan fingerprint density at radius 1 is 0.643 bits per heavy atom. The third-order valence-electron chi connectivity index (χ3n) is 8.11. The Kier molecular flexibility index (Phi) is 17.0. The minimum atomic E-state index is -0.899. The topological polar surface area (TPSA) is 123 Å². The molecule has 0 radical (unpaired) electrons. The van der Waals surface area contributed by atoms with E-state index in [1.54, 1.807) is 32.9 Å². The van der Waals surface area contributed by atoms with Crippen LogP contribution >= 0.6 is 0 Å². The Morgan fingerprint density at radius 3 is 1.64 bits per heavy atom. The third kappa shape index (κ3) is 15.8. The minimum absolute atomic E-state index is 0.0969. The van der Waals surface area contributed by atoms with Gasteiger partial charge < -0.3 is 25.4 Å². The number of nitrogens with one attached hydrogen (secondary N) is 3. The molecule has 2 atom stereocenters. The van der Waals surface area contributed by atoms with Crippen LogP contribution < -0.4 is 16.0 Å². The largest absolute Gasteiger partial charge is 0.451 e. The number of rotatable bonds is 15. The first kappa shape index (κ1) is 42.2. The monoisotopic (exact) mass is 751 g/mol. The van der Waals surface area contributed by atoms with Crippen molar-refractivity contribution in [3.05, 3.63) is 156 Å². The number of esters is 1. The van der Waals surface area contributed by atoms with Crippen LogP contribution in [0, 0.1) is 23.7 Å². The maximum absolute atomic E-state index is 13.7. The van der Waals surface area contributed by atoms with Crippen LogP contribution in [0.1, 0.15) is 68.4 Å². The van der Waals surface area contributed by atoms with Gasteiger partial charge in [-0.1, -0.05) is 145 Å². The molecule has 0 aromatic heterocycles. The van der Waals surface area contributed by atoms with Gasteiger partial charge in [-0.15, -0.1) is 0 Å². The number of benzene rings is 4. The Bertz CT molecular complexity index is 1970. The molecule has 0 aliphatic heterocycles. The Balaban J connectivity index is 1.25. The lowest BCUT2D eigenvalue weighted by Crippen LogP contribution is -2.49. The summed E-state index contributed by atoms with van der Waals surface area (Å²) in [5, 5.41) is 8.37. The fraction of sp³-hybridized carbons (Fsp3) is 0.277. The molecule has 0 saturated heterocycles. The lowest BCUT2D eigenvalue weighted by atomic mass is 10.0. The highest BCUT2D eigenvalue weighted by Gasteiger charge is 2.28. The lowest BCUT2D eigenvalue weighted by Gasteiger charge is -2.23. The number of allylic oxidation sites excluding steroid dienone is 2. The molecular formula is C47H49N3O6. The molecule has 9 nitrogen and oxygen atoms in total. The average Bonchev–Trinajstić information content (AvgIpc) is 3.19. The number of ether oxygens (including phenoxy) is 2. The van der Waals surface area contributed by atoms with Crippen LogP contribution in [-0.4, -0.2) is 48.1 Å². The van der Waals surface area contributed by atoms with Crippen LogP contribution in [0.15, 0.2) is 133 Å². The summed E-state index contributed by atoms with van der Waals surface area (Å²) >= 11 is 0. The molecular weight excluding hydrogens is 703 g/mol. The predicted octanol–water partition coefficient (Wildman–Crippen LogP) is 7.03. The van der Waals surface area contributed by atoms with E-state index in [9.17, 15) is 19.2 Å². The molecule has 0 aliphatic carbocycles. The maximum atomic E-state index is 13.7. The number of hydrogen-bond donors (Lipinski definition) is 3. The summed E-state index contributed by atoms with van der Waals surface area (Å²) in [6, 6.07) is 36.2. The van der Waals surface area contributed by atoms with E-state index < -0.39 is 35.9 Å². The highest BCUT2D eigenvalue weighted by molar-refractivity contribution is 5.86. The maximum Gasteiger partial charge on any atom is 0.408 e. The first-order chi connectivity index (χ1) is 27.1. The van der Waals surface area contributed by atoms with Crippen molar-refractivity contribution in [2.45, 2.75) is 76.7 Å². The van der Waals surface area contributed by atoms with Crippen LogP contribution in [0.2, 0.25) is 0 Å². The second-order valence-electron chi connectivity index (χ2n) is 13.9. The van der Waals surface area contributed by atoms with Crippen molar-refractivity contribution in [3.8, 4) is 23.7 Å². The van der Waals surface area contributed by atoms with E-state index >= 15 is 0 Å². The van der Waals surface area contributed by atoms with E-state index in [-0.39, 0.29) is 31.1 Å². The molecule has 4 rings (SSSR count). The normalized spacial score (nSPS) is 11.9. The van der Waals surface area contributed by atoms with Gasteiger partial charge in [0, 0.05) is 38.6 Å². The van der Waals surface area contributed by atoms with Crippen LogP contribution in [0.25, 0.3) is 0 Å². The summed E-state index contributed by atoms with van der Waals surface area (Å²) in [7, 11) is 0. The lowest BCUT2D eigenvalue weighted by molar-refractivity contribution is -0.151. The Morgan fingerprint density at radius 2 is 1.12 bits per heavy atom. The molecule has 3 N–H and O–H groups in total. The quantitative estimate of drug-likeness (QED) is 0.0682. The zero-order valence-corrected chi connectivity index (χ0v) is 32.1. The van der Waals surface area contributed by atoms with Gasteiger partial charge in [0.25, 0.3) is 0 Å². The molecule has 288 valence electrons. The summed E-state index contributed by atoms with van der Waals surface area (Å²) in [6.07, 6.45) is 3.24. The van der Waals surface area contributed by atoms with Gasteiger partial charge in [0.1, 0.15) is 17.7 Å². The molecule has 0 saturated carbocycles. The molecule has 3 amide bonds. The van der Waals surface area contributed by atoms with Gasteiger partial charge in [0.15, 0.2) is 6.10 Å². The van der Waals surface area contributed by atoms with Crippen LogP contribution in [-0.2, 0) is 36.7 Å². The fourth-order valence-electron chi connectivity index (χ4n) is 5.49. The van der Waals surface area contributed by atoms with Gasteiger partial charge in [0.05, 0.1) is 0 Å². The predicted molar refractivity (Wildman–Crippen MR) is 218 cm³/mol. The summed E-state index contributed by atoms with van der Waals surface area (Å²) in [4.78, 5) is 52.0. The number of alkyl carbamates (subject to hydrolysis) is 1. The number of carbonyl (C=O) groups excluding carboxylic acids is 4. The average molecular weight is 752 g/mol. The molecule has 56 heavy (non-hydrogen) atoms. The summed E-state index contributed by atoms with van der Waals surface area (Å²) in [5.41, 5.74) is 2.75. The molecule has 0 bridgehead atoms. The second-order valence-corrected chi connectivity index (χ2v) is 13.9. The SMILES string of the molecule is CC(C)(C)OC(=O)N[C@@H](Cc1ccccc1)C(=O)NCCC#C/C=C/C#CCCC(=O)N[C@@H](Cc1ccccc1)C(=O)OC(c1ccccc1)c1ccccc1. The van der Waals surface area contributed by atoms with Crippen molar-refractivity contribution in [1.29, 1.82) is 0 Å². The van der Waals surface area contributed by atoms with E-state index in [0.29, 0.717) is 19.4 Å². The van der Waals surface area contributed by atoms with E-state index in [1.165, 1.54) is 0 Å². The van der Waals surface area contributed by atoms with Gasteiger partial charge in [0.2, 0.25) is 11.8 Å². The molecule has 0 heterocycles. The van der Waals surface area contributed by atoms with Crippen molar-refractivity contribution >= 4 is 23.9 Å². The van der Waals surface area contributed by atoms with Gasteiger partial charge in [-0.3, -0.25) is 9.59 Å². The number of amides is 3. The van der Waals surface area contributed by atoms with E-state index in [1.807, 2.05) is 121 Å². The van der Waals surface area contributed by atoms with Gasteiger partial charge in [-0.05, 0) is 55.2 Å². The zero-order valence-electron chi connectivity index (χ0n) is 32.1. The second kappa shape index (κ2) is 22.6. The smallest absolute Gasteiger partial charge is 0.408 e. The van der Waals surface area contributed by atoms with Crippen molar-refractivity contribution in [2.24, 2.45) is 0 Å². The van der Waals surface area contributed by atoms with Crippen LogP contribution in [0.4, 0.5) is 4.79 Å². The first-order valence-electron chi connectivity index (χ1n) is 18.6. The number of hydrogen-bond acceptors (Lipinski definition) is 6. The van der Waals surface area contributed by atoms with Crippen molar-refractivity contribution in [2.75, 3.05) is 6.54 Å². The molecule has 0 aliphatic rings. The third-order valence-corrected chi connectivity index (χ3v) is 8.11. The summed E-state index contributed by atoms with van der Waals surface area (Å²) in [5.74, 6) is 10.5.